The molecule has 2 rings (SSSR count). The number of hydrogen-bond acceptors (Lipinski definition) is 4. The molecule has 0 unspecified atom stereocenters. The summed E-state index contributed by atoms with van der Waals surface area (Å²) in [7, 11) is 3.14. The molecule has 0 aliphatic rings. The van der Waals surface area contributed by atoms with E-state index in [1.54, 1.807) is 56.7 Å². The lowest BCUT2D eigenvalue weighted by Crippen LogP contribution is -2.26. The molecule has 1 amide bonds. The van der Waals surface area contributed by atoms with Crippen molar-refractivity contribution in [3.8, 4) is 17.2 Å². The third-order valence-electron chi connectivity index (χ3n) is 3.32. The number of amides is 1. The van der Waals surface area contributed by atoms with Gasteiger partial charge in [0.05, 0.1) is 20.8 Å². The fourth-order valence-corrected chi connectivity index (χ4v) is 2.19. The van der Waals surface area contributed by atoms with Gasteiger partial charge in [0.25, 0.3) is 0 Å². The fraction of sp³-hybridized carbons (Fsp3) is 0.211. The van der Waals surface area contributed by atoms with Gasteiger partial charge >= 0.3 is 0 Å². The van der Waals surface area contributed by atoms with Crippen LogP contribution < -0.4 is 19.5 Å². The summed E-state index contributed by atoms with van der Waals surface area (Å²) in [6, 6.07) is 12.5. The van der Waals surface area contributed by atoms with Crippen molar-refractivity contribution in [3.63, 3.8) is 0 Å². The van der Waals surface area contributed by atoms with Gasteiger partial charge in [0.2, 0.25) is 5.91 Å². The molecule has 0 spiro atoms. The summed E-state index contributed by atoms with van der Waals surface area (Å²) in [5.41, 5.74) is 0.838. The van der Waals surface area contributed by atoms with Crippen molar-refractivity contribution in [2.45, 2.75) is 0 Å². The SMILES string of the molecule is COc1ccc(C=CC(=O)NCCOc2ccc(Cl)cc2)cc1OC. The molecule has 0 fully saturated rings. The second-order valence-corrected chi connectivity index (χ2v) is 5.48. The molecule has 2 aromatic rings. The van der Waals surface area contributed by atoms with Gasteiger partial charge in [0.1, 0.15) is 12.4 Å². The summed E-state index contributed by atoms with van der Waals surface area (Å²) in [4.78, 5) is 11.8. The molecule has 0 bridgehead atoms. The summed E-state index contributed by atoms with van der Waals surface area (Å²) in [5.74, 6) is 1.76. The highest BCUT2D eigenvalue weighted by Gasteiger charge is 2.03. The zero-order valence-electron chi connectivity index (χ0n) is 14.1. The van der Waals surface area contributed by atoms with Gasteiger partial charge in [-0.25, -0.2) is 0 Å². The minimum atomic E-state index is -0.200. The Morgan fingerprint density at radius 2 is 1.80 bits per heavy atom. The highest BCUT2D eigenvalue weighted by molar-refractivity contribution is 6.30. The van der Waals surface area contributed by atoms with Gasteiger partial charge in [0, 0.05) is 11.1 Å². The molecule has 0 aliphatic heterocycles. The maximum Gasteiger partial charge on any atom is 0.244 e. The van der Waals surface area contributed by atoms with Gasteiger partial charge < -0.3 is 19.5 Å². The van der Waals surface area contributed by atoms with E-state index in [-0.39, 0.29) is 5.91 Å². The van der Waals surface area contributed by atoms with E-state index in [9.17, 15) is 4.79 Å². The summed E-state index contributed by atoms with van der Waals surface area (Å²) in [5, 5.41) is 3.41. The van der Waals surface area contributed by atoms with Crippen LogP contribution in [0.25, 0.3) is 6.08 Å². The van der Waals surface area contributed by atoms with Gasteiger partial charge in [-0.15, -0.1) is 0 Å². The number of hydrogen-bond donors (Lipinski definition) is 1. The second-order valence-electron chi connectivity index (χ2n) is 5.04. The van der Waals surface area contributed by atoms with Crippen molar-refractivity contribution in [1.82, 2.24) is 5.32 Å². The van der Waals surface area contributed by atoms with Crippen LogP contribution in [0.1, 0.15) is 5.56 Å². The molecule has 25 heavy (non-hydrogen) atoms. The zero-order valence-corrected chi connectivity index (χ0v) is 14.9. The molecular formula is C19H20ClNO4. The molecule has 0 saturated heterocycles. The number of ether oxygens (including phenoxy) is 3. The molecule has 5 nitrogen and oxygen atoms in total. The molecule has 2 aromatic carbocycles. The minimum absolute atomic E-state index is 0.200. The Balaban J connectivity index is 1.77. The highest BCUT2D eigenvalue weighted by atomic mass is 35.5. The van der Waals surface area contributed by atoms with Crippen LogP contribution >= 0.6 is 11.6 Å². The smallest absolute Gasteiger partial charge is 0.244 e. The highest BCUT2D eigenvalue weighted by Crippen LogP contribution is 2.27. The summed E-state index contributed by atoms with van der Waals surface area (Å²) in [6.07, 6.45) is 3.17. The molecule has 1 N–H and O–H groups in total. The van der Waals surface area contributed by atoms with Gasteiger partial charge in [-0.1, -0.05) is 17.7 Å². The maximum atomic E-state index is 11.8. The quantitative estimate of drug-likeness (QED) is 0.577. The van der Waals surface area contributed by atoms with Crippen LogP contribution in [0.2, 0.25) is 5.02 Å². The van der Waals surface area contributed by atoms with E-state index in [2.05, 4.69) is 5.32 Å². The lowest BCUT2D eigenvalue weighted by Gasteiger charge is -2.08. The normalized spacial score (nSPS) is 10.5. The van der Waals surface area contributed by atoms with E-state index in [0.717, 1.165) is 5.56 Å². The van der Waals surface area contributed by atoms with Crippen LogP contribution in [-0.2, 0) is 4.79 Å². The van der Waals surface area contributed by atoms with Crippen LogP contribution in [0.3, 0.4) is 0 Å². The molecule has 6 heteroatoms. The number of rotatable bonds is 8. The Kier molecular flexibility index (Phi) is 7.16. The number of methoxy groups -OCH3 is 2. The average Bonchev–Trinajstić information content (AvgIpc) is 2.64. The van der Waals surface area contributed by atoms with Gasteiger partial charge in [-0.3, -0.25) is 4.79 Å². The number of halogens is 1. The first-order valence-corrected chi connectivity index (χ1v) is 8.06. The van der Waals surface area contributed by atoms with E-state index < -0.39 is 0 Å². The number of carbonyl (C=O) groups is 1. The van der Waals surface area contributed by atoms with Gasteiger partial charge in [-0.05, 0) is 48.0 Å². The molecule has 0 aliphatic carbocycles. The zero-order chi connectivity index (χ0) is 18.1. The summed E-state index contributed by atoms with van der Waals surface area (Å²) < 4.78 is 15.9. The Morgan fingerprint density at radius 1 is 1.08 bits per heavy atom. The van der Waals surface area contributed by atoms with Crippen molar-refractivity contribution < 1.29 is 19.0 Å². The van der Waals surface area contributed by atoms with E-state index >= 15 is 0 Å². The van der Waals surface area contributed by atoms with Crippen molar-refractivity contribution in [2.24, 2.45) is 0 Å². The predicted octanol–water partition coefficient (Wildman–Crippen LogP) is 3.57. The maximum absolute atomic E-state index is 11.8. The van der Waals surface area contributed by atoms with Crippen molar-refractivity contribution in [1.29, 1.82) is 0 Å². The minimum Gasteiger partial charge on any atom is -0.493 e. The third kappa shape index (κ3) is 6.04. The molecule has 0 saturated carbocycles. The van der Waals surface area contributed by atoms with Gasteiger partial charge in [-0.2, -0.15) is 0 Å². The van der Waals surface area contributed by atoms with Crippen LogP contribution in [0.4, 0.5) is 0 Å². The molecule has 0 heterocycles. The Bertz CT molecular complexity index is 729. The van der Waals surface area contributed by atoms with Crippen molar-refractivity contribution >= 4 is 23.6 Å². The summed E-state index contributed by atoms with van der Waals surface area (Å²) in [6.45, 7) is 0.773. The van der Waals surface area contributed by atoms with E-state index in [1.165, 1.54) is 6.08 Å². The van der Waals surface area contributed by atoms with Crippen LogP contribution in [0.5, 0.6) is 17.2 Å². The molecule has 0 atom stereocenters. The summed E-state index contributed by atoms with van der Waals surface area (Å²) >= 11 is 5.80. The monoisotopic (exact) mass is 361 g/mol. The Labute approximate surface area is 152 Å². The average molecular weight is 362 g/mol. The second kappa shape index (κ2) is 9.59. The topological polar surface area (TPSA) is 56.8 Å². The first-order chi connectivity index (χ1) is 12.1. The van der Waals surface area contributed by atoms with Crippen LogP contribution in [-0.4, -0.2) is 33.3 Å². The molecule has 0 radical (unpaired) electrons. The van der Waals surface area contributed by atoms with E-state index in [1.807, 2.05) is 6.07 Å². The number of carbonyl (C=O) groups excluding carboxylic acids is 1. The lowest BCUT2D eigenvalue weighted by atomic mass is 10.2. The van der Waals surface area contributed by atoms with E-state index in [0.29, 0.717) is 35.4 Å². The lowest BCUT2D eigenvalue weighted by molar-refractivity contribution is -0.116. The first kappa shape index (κ1) is 18.7. The Hall–Kier alpha value is -2.66. The van der Waals surface area contributed by atoms with Crippen molar-refractivity contribution in [2.75, 3.05) is 27.4 Å². The molecular weight excluding hydrogens is 342 g/mol. The van der Waals surface area contributed by atoms with Crippen LogP contribution in [0.15, 0.2) is 48.5 Å². The van der Waals surface area contributed by atoms with E-state index in [4.69, 9.17) is 25.8 Å². The molecule has 0 aromatic heterocycles. The van der Waals surface area contributed by atoms with Crippen LogP contribution in [0, 0.1) is 0 Å². The standard InChI is InChI=1S/C19H20ClNO4/c1-23-17-9-3-14(13-18(17)24-2)4-10-19(22)21-11-12-25-16-7-5-15(20)6-8-16/h3-10,13H,11-12H2,1-2H3,(H,21,22). The number of nitrogens with one attached hydrogen (secondary N) is 1. The predicted molar refractivity (Wildman–Crippen MR) is 98.5 cm³/mol. The third-order valence-corrected chi connectivity index (χ3v) is 3.57. The Morgan fingerprint density at radius 3 is 2.48 bits per heavy atom. The first-order valence-electron chi connectivity index (χ1n) is 7.68. The molecule has 132 valence electrons. The number of benzene rings is 2. The van der Waals surface area contributed by atoms with Gasteiger partial charge in [0.15, 0.2) is 11.5 Å². The largest absolute Gasteiger partial charge is 0.493 e. The fourth-order valence-electron chi connectivity index (χ4n) is 2.06. The van der Waals surface area contributed by atoms with Crippen molar-refractivity contribution in [3.05, 3.63) is 59.1 Å².